The highest BCUT2D eigenvalue weighted by molar-refractivity contribution is 8.13. The summed E-state index contributed by atoms with van der Waals surface area (Å²) in [5, 5.41) is 1.43. The highest BCUT2D eigenvalue weighted by atomic mass is 32.2. The fraction of sp³-hybridized carbons (Fsp3) is 0.350. The van der Waals surface area contributed by atoms with Crippen LogP contribution < -0.4 is 11.1 Å². The average Bonchev–Trinajstić information content (AvgIpc) is 3.10. The van der Waals surface area contributed by atoms with E-state index in [1.54, 1.807) is 30.3 Å². The summed E-state index contributed by atoms with van der Waals surface area (Å²) in [5.41, 5.74) is 0.714. The van der Waals surface area contributed by atoms with Crippen LogP contribution in [0.3, 0.4) is 0 Å². The Labute approximate surface area is 191 Å². The largest absolute Gasteiger partial charge is 0.519 e. The topological polar surface area (TPSA) is 161 Å². The van der Waals surface area contributed by atoms with Crippen molar-refractivity contribution in [3.63, 3.8) is 0 Å². The van der Waals surface area contributed by atoms with Gasteiger partial charge in [-0.2, -0.15) is 0 Å². The highest BCUT2D eigenvalue weighted by Crippen LogP contribution is 2.13. The zero-order valence-corrected chi connectivity index (χ0v) is 18.5. The van der Waals surface area contributed by atoms with Crippen LogP contribution in [0.1, 0.15) is 24.0 Å². The molecule has 178 valence electrons. The second-order valence-corrected chi connectivity index (χ2v) is 7.21. The van der Waals surface area contributed by atoms with Crippen molar-refractivity contribution in [2.75, 3.05) is 12.5 Å². The number of rotatable bonds is 10. The molecule has 12 nitrogen and oxygen atoms in total. The first-order valence-electron chi connectivity index (χ1n) is 9.40. The Hall–Kier alpha value is -3.74. The molecule has 0 fully saturated rings. The summed E-state index contributed by atoms with van der Waals surface area (Å²) in [6, 6.07) is 7.52. The summed E-state index contributed by atoms with van der Waals surface area (Å²) in [7, 11) is 0. The molecule has 0 saturated carbocycles. The standard InChI is InChI=1S/C20H21NO11S/c1-12-16(32-19(25)31-12)9-28-20(26)33-10-15(21-18(24)30-11-29-13(2)22)17(23)27-8-14-6-4-3-5-7-14/h3-7,15H,8-11H2,1-2H3,(H,21,24)/t15-/m0/s1. The molecule has 2 rings (SSSR count). The molecule has 13 heteroatoms. The zero-order chi connectivity index (χ0) is 24.2. The van der Waals surface area contributed by atoms with Gasteiger partial charge in [-0.25, -0.2) is 19.2 Å². The number of thioether (sulfide) groups is 1. The van der Waals surface area contributed by atoms with Gasteiger partial charge in [-0.1, -0.05) is 30.3 Å². The normalized spacial score (nSPS) is 11.2. The van der Waals surface area contributed by atoms with E-state index in [4.69, 9.17) is 13.9 Å². The minimum Gasteiger partial charge on any atom is -0.459 e. The summed E-state index contributed by atoms with van der Waals surface area (Å²) >= 11 is 0.569. The van der Waals surface area contributed by atoms with Gasteiger partial charge < -0.3 is 33.1 Å². The first kappa shape index (κ1) is 25.5. The summed E-state index contributed by atoms with van der Waals surface area (Å²) < 4.78 is 28.7. The summed E-state index contributed by atoms with van der Waals surface area (Å²) in [5.74, 6) is -2.48. The molecular weight excluding hydrogens is 462 g/mol. The molecule has 1 atom stereocenters. The molecule has 1 amide bonds. The first-order valence-corrected chi connectivity index (χ1v) is 10.4. The van der Waals surface area contributed by atoms with Crippen LogP contribution in [0.15, 0.2) is 44.0 Å². The maximum absolute atomic E-state index is 12.5. The molecule has 0 aliphatic carbocycles. The van der Waals surface area contributed by atoms with E-state index >= 15 is 0 Å². The van der Waals surface area contributed by atoms with Gasteiger partial charge in [-0.15, -0.1) is 0 Å². The van der Waals surface area contributed by atoms with Crippen molar-refractivity contribution in [2.24, 2.45) is 0 Å². The number of nitrogens with one attached hydrogen (secondary N) is 1. The van der Waals surface area contributed by atoms with Crippen molar-refractivity contribution in [1.82, 2.24) is 5.32 Å². The van der Waals surface area contributed by atoms with Crippen LogP contribution >= 0.6 is 11.8 Å². The third kappa shape index (κ3) is 9.51. The average molecular weight is 483 g/mol. The number of carbonyl (C=O) groups is 4. The van der Waals surface area contributed by atoms with Gasteiger partial charge in [0.05, 0.1) is 0 Å². The Morgan fingerprint density at radius 3 is 2.36 bits per heavy atom. The number of esters is 2. The number of alkyl carbamates (subject to hydrolysis) is 1. The van der Waals surface area contributed by atoms with E-state index in [9.17, 15) is 24.0 Å². The molecule has 0 unspecified atom stereocenters. The SMILES string of the molecule is CC(=O)OCOC(=O)N[C@@H](CSC(=O)OCc1oc(=O)oc1C)C(=O)OCc1ccccc1. The quantitative estimate of drug-likeness (QED) is 0.299. The minimum atomic E-state index is -1.29. The van der Waals surface area contributed by atoms with E-state index in [2.05, 4.69) is 19.2 Å². The monoisotopic (exact) mass is 483 g/mol. The van der Waals surface area contributed by atoms with Crippen molar-refractivity contribution >= 4 is 35.1 Å². The van der Waals surface area contributed by atoms with Gasteiger partial charge in [0.15, 0.2) is 18.1 Å². The fourth-order valence-corrected chi connectivity index (χ4v) is 2.84. The van der Waals surface area contributed by atoms with E-state index in [0.717, 1.165) is 6.92 Å². The Kier molecular flexibility index (Phi) is 10.0. The number of aryl methyl sites for hydroxylation is 1. The number of benzene rings is 1. The number of carbonyl (C=O) groups excluding carboxylic acids is 4. The van der Waals surface area contributed by atoms with E-state index in [1.165, 1.54) is 6.92 Å². The second kappa shape index (κ2) is 13.0. The van der Waals surface area contributed by atoms with Gasteiger partial charge >= 0.3 is 29.2 Å². The van der Waals surface area contributed by atoms with E-state index < -0.39 is 42.0 Å². The van der Waals surface area contributed by atoms with Gasteiger partial charge in [-0.05, 0) is 24.2 Å². The molecule has 0 aliphatic heterocycles. The van der Waals surface area contributed by atoms with Gasteiger partial charge in [-0.3, -0.25) is 4.79 Å². The predicted molar refractivity (Wildman–Crippen MR) is 111 cm³/mol. The molecule has 33 heavy (non-hydrogen) atoms. The van der Waals surface area contributed by atoms with Crippen molar-refractivity contribution in [1.29, 1.82) is 0 Å². The summed E-state index contributed by atoms with van der Waals surface area (Å²) in [6.45, 7) is 1.52. The maximum atomic E-state index is 12.5. The zero-order valence-electron chi connectivity index (χ0n) is 17.7. The predicted octanol–water partition coefficient (Wildman–Crippen LogP) is 2.27. The van der Waals surface area contributed by atoms with Crippen LogP contribution in [-0.2, 0) is 41.8 Å². The lowest BCUT2D eigenvalue weighted by Gasteiger charge is -2.17. The van der Waals surface area contributed by atoms with Crippen molar-refractivity contribution in [3.05, 3.63) is 58.0 Å². The molecule has 0 saturated heterocycles. The van der Waals surface area contributed by atoms with Gasteiger partial charge in [0.25, 0.3) is 0 Å². The van der Waals surface area contributed by atoms with E-state index in [0.29, 0.717) is 17.3 Å². The van der Waals surface area contributed by atoms with E-state index in [-0.39, 0.29) is 30.5 Å². The molecule has 0 aliphatic rings. The number of amides is 1. The summed E-state index contributed by atoms with van der Waals surface area (Å²) in [6.07, 6.45) is -1.07. The fourth-order valence-electron chi connectivity index (χ4n) is 2.17. The second-order valence-electron chi connectivity index (χ2n) is 6.26. The van der Waals surface area contributed by atoms with Crippen molar-refractivity contribution in [2.45, 2.75) is 33.1 Å². The van der Waals surface area contributed by atoms with Gasteiger partial charge in [0, 0.05) is 12.7 Å². The Balaban J connectivity index is 1.90. The van der Waals surface area contributed by atoms with E-state index in [1.807, 2.05) is 0 Å². The Morgan fingerprint density at radius 2 is 1.73 bits per heavy atom. The first-order chi connectivity index (χ1) is 15.7. The molecule has 1 N–H and O–H groups in total. The minimum absolute atomic E-state index is 0.0416. The van der Waals surface area contributed by atoms with Gasteiger partial charge in [0.2, 0.25) is 6.79 Å². The molecular formula is C20H21NO11S. The maximum Gasteiger partial charge on any atom is 0.519 e. The molecule has 1 heterocycles. The molecule has 1 aromatic carbocycles. The smallest absolute Gasteiger partial charge is 0.459 e. The van der Waals surface area contributed by atoms with Crippen LogP contribution in [0.5, 0.6) is 0 Å². The van der Waals surface area contributed by atoms with Crippen LogP contribution in [0.2, 0.25) is 0 Å². The molecule has 2 aromatic rings. The van der Waals surface area contributed by atoms with Gasteiger partial charge in [0.1, 0.15) is 12.6 Å². The molecule has 0 radical (unpaired) electrons. The van der Waals surface area contributed by atoms with Crippen molar-refractivity contribution in [3.8, 4) is 0 Å². The Bertz CT molecular complexity index is 1010. The molecule has 0 bridgehead atoms. The van der Waals surface area contributed by atoms with Crippen LogP contribution in [0, 0.1) is 6.92 Å². The lowest BCUT2D eigenvalue weighted by atomic mass is 10.2. The molecule has 1 aromatic heterocycles. The Morgan fingerprint density at radius 1 is 1.00 bits per heavy atom. The van der Waals surface area contributed by atoms with Crippen molar-refractivity contribution < 1.29 is 47.0 Å². The summed E-state index contributed by atoms with van der Waals surface area (Å²) in [4.78, 5) is 58.1. The lowest BCUT2D eigenvalue weighted by molar-refractivity contribution is -0.150. The third-order valence-corrected chi connectivity index (χ3v) is 4.63. The van der Waals surface area contributed by atoms with Crippen LogP contribution in [0.4, 0.5) is 9.59 Å². The lowest BCUT2D eigenvalue weighted by Crippen LogP contribution is -2.44. The number of hydrogen-bond donors (Lipinski definition) is 1. The number of ether oxygens (including phenoxy) is 4. The number of hydrogen-bond acceptors (Lipinski definition) is 12. The highest BCUT2D eigenvalue weighted by Gasteiger charge is 2.25. The molecule has 0 spiro atoms. The third-order valence-electron chi connectivity index (χ3n) is 3.78. The van der Waals surface area contributed by atoms with Crippen LogP contribution in [-0.4, -0.2) is 41.9 Å². The van der Waals surface area contributed by atoms with Crippen LogP contribution in [0.25, 0.3) is 0 Å².